The highest BCUT2D eigenvalue weighted by Crippen LogP contribution is 2.31. The molecule has 40 heavy (non-hydrogen) atoms. The first-order valence-corrected chi connectivity index (χ1v) is 14.0. The van der Waals surface area contributed by atoms with E-state index >= 15 is 0 Å². The van der Waals surface area contributed by atoms with Crippen LogP contribution in [0.25, 0.3) is 21.9 Å². The first-order valence-electron chi connectivity index (χ1n) is 12.4. The number of aromatic amines is 1. The molecule has 1 aliphatic heterocycles. The third-order valence-corrected chi connectivity index (χ3v) is 8.34. The number of carbonyl (C=O) groups excluding carboxylic acids is 1. The van der Waals surface area contributed by atoms with E-state index in [4.69, 9.17) is 9.47 Å². The van der Waals surface area contributed by atoms with Crippen molar-refractivity contribution in [3.05, 3.63) is 53.1 Å². The maximum absolute atomic E-state index is 13.1. The molecule has 4 aromatic rings. The lowest BCUT2D eigenvalue weighted by atomic mass is 10.1. The lowest BCUT2D eigenvalue weighted by molar-refractivity contribution is -0.0432. The number of nitrogens with one attached hydrogen (secondary N) is 2. The molecule has 1 aliphatic rings. The Hall–Kier alpha value is -4.05. The molecule has 212 valence electrons. The first-order chi connectivity index (χ1) is 19.1. The number of ether oxygens (including phenoxy) is 2. The number of carbonyl (C=O) groups is 1. The standard InChI is InChI=1S/C25H28N6O8S/c1-30(2)16-7-3-6-15-14(16)5-4-8-19(15)40(36,37)10-9-38-25(35)29-24-27-22-21(23(34)28-24)26-13-31(22)20-11-17(33)18(12-32)39-20/h3-8,13,17-18,20,32-33H,9-12H2,1-2H3,(H2,27,28,29,34,35)/t17-,18+,20+/m0/s1. The number of aliphatic hydroxyl groups excluding tert-OH is 2. The molecule has 0 saturated carbocycles. The van der Waals surface area contributed by atoms with Crippen molar-refractivity contribution < 1.29 is 32.9 Å². The lowest BCUT2D eigenvalue weighted by Gasteiger charge is -2.17. The van der Waals surface area contributed by atoms with Gasteiger partial charge in [0.2, 0.25) is 5.95 Å². The molecular weight excluding hydrogens is 544 g/mol. The average Bonchev–Trinajstić information content (AvgIpc) is 3.50. The van der Waals surface area contributed by atoms with Crippen molar-refractivity contribution in [1.82, 2.24) is 19.5 Å². The van der Waals surface area contributed by atoms with Gasteiger partial charge in [0, 0.05) is 37.0 Å². The molecule has 15 heteroatoms. The van der Waals surface area contributed by atoms with Crippen LogP contribution in [0.4, 0.5) is 16.4 Å². The van der Waals surface area contributed by atoms with Gasteiger partial charge in [-0.25, -0.2) is 18.2 Å². The summed E-state index contributed by atoms with van der Waals surface area (Å²) in [5.74, 6) is -0.718. The monoisotopic (exact) mass is 572 g/mol. The van der Waals surface area contributed by atoms with Crippen LogP contribution >= 0.6 is 0 Å². The van der Waals surface area contributed by atoms with Gasteiger partial charge in [-0.15, -0.1) is 0 Å². The van der Waals surface area contributed by atoms with E-state index in [0.29, 0.717) is 5.39 Å². The lowest BCUT2D eigenvalue weighted by Crippen LogP contribution is -2.24. The number of nitrogens with zero attached hydrogens (tertiary/aromatic N) is 4. The molecule has 2 aromatic carbocycles. The van der Waals surface area contributed by atoms with Gasteiger partial charge in [0.15, 0.2) is 21.0 Å². The Morgan fingerprint density at radius 3 is 2.73 bits per heavy atom. The number of anilines is 2. The molecule has 1 saturated heterocycles. The van der Waals surface area contributed by atoms with Crippen molar-refractivity contribution >= 4 is 49.5 Å². The molecule has 3 atom stereocenters. The molecule has 1 fully saturated rings. The highest BCUT2D eigenvalue weighted by atomic mass is 32.2. The van der Waals surface area contributed by atoms with Gasteiger partial charge < -0.3 is 24.6 Å². The molecule has 0 spiro atoms. The molecule has 0 radical (unpaired) electrons. The number of amides is 1. The van der Waals surface area contributed by atoms with E-state index in [9.17, 15) is 28.2 Å². The van der Waals surface area contributed by atoms with Crippen LogP contribution in [0.15, 0.2) is 52.4 Å². The van der Waals surface area contributed by atoms with E-state index in [2.05, 4.69) is 20.3 Å². The second-order valence-electron chi connectivity index (χ2n) is 9.46. The van der Waals surface area contributed by atoms with Gasteiger partial charge >= 0.3 is 6.09 Å². The molecule has 3 heterocycles. The maximum atomic E-state index is 13.1. The van der Waals surface area contributed by atoms with Gasteiger partial charge in [-0.2, -0.15) is 4.98 Å². The fraction of sp³-hybridized carbons (Fsp3) is 0.360. The van der Waals surface area contributed by atoms with E-state index in [1.54, 1.807) is 18.2 Å². The summed E-state index contributed by atoms with van der Waals surface area (Å²) in [5, 5.41) is 23.0. The number of imidazole rings is 1. The zero-order valence-electron chi connectivity index (χ0n) is 21.6. The van der Waals surface area contributed by atoms with Crippen LogP contribution in [0, 0.1) is 0 Å². The van der Waals surface area contributed by atoms with Crippen LogP contribution in [0.1, 0.15) is 12.6 Å². The number of H-pyrrole nitrogens is 1. The predicted molar refractivity (Wildman–Crippen MR) is 145 cm³/mol. The highest BCUT2D eigenvalue weighted by molar-refractivity contribution is 7.91. The number of fused-ring (bicyclic) bond motifs is 2. The third-order valence-electron chi connectivity index (χ3n) is 6.61. The van der Waals surface area contributed by atoms with Gasteiger partial charge in [-0.05, 0) is 12.1 Å². The zero-order chi connectivity index (χ0) is 28.6. The van der Waals surface area contributed by atoms with E-state index in [-0.39, 0.29) is 35.0 Å². The second-order valence-corrected chi connectivity index (χ2v) is 11.5. The quantitative estimate of drug-likeness (QED) is 0.236. The summed E-state index contributed by atoms with van der Waals surface area (Å²) in [6.07, 6.45) is -2.02. The Morgan fingerprint density at radius 2 is 2.00 bits per heavy atom. The summed E-state index contributed by atoms with van der Waals surface area (Å²) in [7, 11) is -0.0718. The molecule has 0 bridgehead atoms. The van der Waals surface area contributed by atoms with Crippen molar-refractivity contribution in [1.29, 1.82) is 0 Å². The topological polar surface area (TPSA) is 189 Å². The van der Waals surface area contributed by atoms with Crippen molar-refractivity contribution in [2.24, 2.45) is 0 Å². The number of aromatic nitrogens is 4. The zero-order valence-corrected chi connectivity index (χ0v) is 22.5. The Morgan fingerprint density at radius 1 is 1.25 bits per heavy atom. The number of hydrogen-bond acceptors (Lipinski definition) is 11. The number of aliphatic hydroxyl groups is 2. The summed E-state index contributed by atoms with van der Waals surface area (Å²) >= 11 is 0. The summed E-state index contributed by atoms with van der Waals surface area (Å²) in [4.78, 5) is 37.5. The molecular formula is C25H28N6O8S. The van der Waals surface area contributed by atoms with Gasteiger partial charge in [0.25, 0.3) is 5.56 Å². The smallest absolute Gasteiger partial charge is 0.414 e. The Kier molecular flexibility index (Phi) is 7.46. The van der Waals surface area contributed by atoms with Crippen molar-refractivity contribution in [3.63, 3.8) is 0 Å². The van der Waals surface area contributed by atoms with Crippen molar-refractivity contribution in [2.75, 3.05) is 43.3 Å². The number of rotatable bonds is 8. The minimum Gasteiger partial charge on any atom is -0.448 e. The number of benzene rings is 2. The van der Waals surface area contributed by atoms with Gasteiger partial charge in [-0.1, -0.05) is 24.3 Å². The summed E-state index contributed by atoms with van der Waals surface area (Å²) in [6.45, 7) is -0.830. The van der Waals surface area contributed by atoms with E-state index in [1.807, 2.05) is 31.1 Å². The molecule has 4 N–H and O–H groups in total. The van der Waals surface area contributed by atoms with Crippen LogP contribution < -0.4 is 15.8 Å². The third kappa shape index (κ3) is 5.23. The van der Waals surface area contributed by atoms with Crippen LogP contribution in [0.3, 0.4) is 0 Å². The van der Waals surface area contributed by atoms with E-state index in [1.165, 1.54) is 17.0 Å². The minimum atomic E-state index is -3.81. The summed E-state index contributed by atoms with van der Waals surface area (Å²) in [5.41, 5.74) is 0.273. The normalized spacial score (nSPS) is 19.2. The van der Waals surface area contributed by atoms with Gasteiger partial charge in [0.05, 0.1) is 29.7 Å². The average molecular weight is 573 g/mol. The Labute approximate surface area is 228 Å². The first kappa shape index (κ1) is 27.5. The van der Waals surface area contributed by atoms with E-state index in [0.717, 1.165) is 11.1 Å². The molecule has 5 rings (SSSR count). The Balaban J connectivity index is 1.27. The molecule has 0 aliphatic carbocycles. The molecule has 1 amide bonds. The second kappa shape index (κ2) is 10.8. The highest BCUT2D eigenvalue weighted by Gasteiger charge is 2.35. The Bertz CT molecular complexity index is 1730. The van der Waals surface area contributed by atoms with Crippen LogP contribution in [-0.2, 0) is 19.3 Å². The largest absolute Gasteiger partial charge is 0.448 e. The van der Waals surface area contributed by atoms with E-state index < -0.39 is 52.3 Å². The summed E-state index contributed by atoms with van der Waals surface area (Å²) < 4.78 is 38.3. The molecule has 14 nitrogen and oxygen atoms in total. The minimum absolute atomic E-state index is 0.0249. The summed E-state index contributed by atoms with van der Waals surface area (Å²) in [6, 6.07) is 10.4. The predicted octanol–water partition coefficient (Wildman–Crippen LogP) is 1.00. The SMILES string of the molecule is CN(C)c1cccc2c(S(=O)(=O)CCOC(=O)Nc3nc4c(ncn4[C@H]4C[C@H](O)[C@@H](CO)O4)c(=O)[nH]3)cccc12. The van der Waals surface area contributed by atoms with Gasteiger partial charge in [0.1, 0.15) is 18.9 Å². The maximum Gasteiger partial charge on any atom is 0.414 e. The number of sulfone groups is 1. The fourth-order valence-corrected chi connectivity index (χ4v) is 5.98. The van der Waals surface area contributed by atoms with Gasteiger partial charge in [-0.3, -0.25) is 19.7 Å². The van der Waals surface area contributed by atoms with Crippen LogP contribution in [0.2, 0.25) is 0 Å². The van der Waals surface area contributed by atoms with Crippen molar-refractivity contribution in [2.45, 2.75) is 29.8 Å². The fourth-order valence-electron chi connectivity index (χ4n) is 4.66. The number of hydrogen-bond donors (Lipinski definition) is 4. The molecule has 0 unspecified atom stereocenters. The molecule has 2 aromatic heterocycles. The van der Waals surface area contributed by atoms with Crippen LogP contribution in [-0.4, -0.2) is 89.5 Å². The van der Waals surface area contributed by atoms with Crippen molar-refractivity contribution in [3.8, 4) is 0 Å². The van der Waals surface area contributed by atoms with Crippen LogP contribution in [0.5, 0.6) is 0 Å².